The fourth-order valence-electron chi connectivity index (χ4n) is 1.93. The number of nitrogen functional groups attached to an aromatic ring is 1. The number of anilines is 1. The minimum absolute atomic E-state index is 0.0785. The molecular formula is C15H14ClNO. The number of aryl methyl sites for hydroxylation is 1. The molecule has 0 aliphatic heterocycles. The van der Waals surface area contributed by atoms with E-state index >= 15 is 0 Å². The van der Waals surface area contributed by atoms with Crippen LogP contribution in [0.15, 0.2) is 42.5 Å². The van der Waals surface area contributed by atoms with Crippen molar-refractivity contribution in [2.24, 2.45) is 0 Å². The van der Waals surface area contributed by atoms with Gasteiger partial charge in [-0.3, -0.25) is 4.79 Å². The van der Waals surface area contributed by atoms with Crippen LogP contribution in [0.25, 0.3) is 0 Å². The predicted octanol–water partition coefficient (Wildman–Crippen LogP) is 3.66. The largest absolute Gasteiger partial charge is 0.399 e. The second kappa shape index (κ2) is 5.23. The lowest BCUT2D eigenvalue weighted by Crippen LogP contribution is -2.06. The van der Waals surface area contributed by atoms with E-state index in [-0.39, 0.29) is 5.78 Å². The molecule has 0 spiro atoms. The molecule has 0 aromatic heterocycles. The highest BCUT2D eigenvalue weighted by molar-refractivity contribution is 6.30. The Hall–Kier alpha value is -1.80. The summed E-state index contributed by atoms with van der Waals surface area (Å²) in [4.78, 5) is 12.2. The molecule has 0 unspecified atom stereocenters. The van der Waals surface area contributed by atoms with Gasteiger partial charge in [-0.15, -0.1) is 0 Å². The summed E-state index contributed by atoms with van der Waals surface area (Å²) in [7, 11) is 0. The number of carbonyl (C=O) groups excluding carboxylic acids is 1. The van der Waals surface area contributed by atoms with E-state index in [0.29, 0.717) is 22.7 Å². The third-order valence-electron chi connectivity index (χ3n) is 2.80. The normalized spacial score (nSPS) is 10.3. The third kappa shape index (κ3) is 2.90. The lowest BCUT2D eigenvalue weighted by molar-refractivity contribution is 0.0992. The quantitative estimate of drug-likeness (QED) is 0.675. The molecule has 0 fully saturated rings. The van der Waals surface area contributed by atoms with Crippen LogP contribution < -0.4 is 5.73 Å². The van der Waals surface area contributed by atoms with Crippen molar-refractivity contribution in [3.05, 3.63) is 64.2 Å². The Balaban J connectivity index is 2.22. The number of halogens is 1. The second-order valence-corrected chi connectivity index (χ2v) is 4.74. The van der Waals surface area contributed by atoms with E-state index in [4.69, 9.17) is 17.3 Å². The van der Waals surface area contributed by atoms with Crippen molar-refractivity contribution < 1.29 is 4.79 Å². The Morgan fingerprint density at radius 3 is 2.67 bits per heavy atom. The summed E-state index contributed by atoms with van der Waals surface area (Å²) in [6.45, 7) is 1.89. The van der Waals surface area contributed by atoms with Crippen LogP contribution in [-0.4, -0.2) is 5.78 Å². The first-order chi connectivity index (χ1) is 8.56. The van der Waals surface area contributed by atoms with Gasteiger partial charge in [0.2, 0.25) is 0 Å². The Labute approximate surface area is 111 Å². The van der Waals surface area contributed by atoms with Crippen molar-refractivity contribution in [1.82, 2.24) is 0 Å². The lowest BCUT2D eigenvalue weighted by atomic mass is 9.99. The Morgan fingerprint density at radius 2 is 2.00 bits per heavy atom. The lowest BCUT2D eigenvalue weighted by Gasteiger charge is -2.06. The molecule has 2 N–H and O–H groups in total. The van der Waals surface area contributed by atoms with Gasteiger partial charge in [0.25, 0.3) is 0 Å². The molecule has 0 saturated heterocycles. The monoisotopic (exact) mass is 259 g/mol. The van der Waals surface area contributed by atoms with Gasteiger partial charge >= 0.3 is 0 Å². The highest BCUT2D eigenvalue weighted by Crippen LogP contribution is 2.17. The van der Waals surface area contributed by atoms with E-state index < -0.39 is 0 Å². The Morgan fingerprint density at radius 1 is 1.22 bits per heavy atom. The second-order valence-electron chi connectivity index (χ2n) is 4.30. The summed E-state index contributed by atoms with van der Waals surface area (Å²) < 4.78 is 0. The van der Waals surface area contributed by atoms with E-state index in [0.717, 1.165) is 11.1 Å². The van der Waals surface area contributed by atoms with E-state index in [1.165, 1.54) is 0 Å². The van der Waals surface area contributed by atoms with Crippen LogP contribution >= 0.6 is 11.6 Å². The number of benzene rings is 2. The van der Waals surface area contributed by atoms with E-state index in [1.54, 1.807) is 18.2 Å². The zero-order chi connectivity index (χ0) is 13.1. The van der Waals surface area contributed by atoms with Gasteiger partial charge in [0, 0.05) is 22.7 Å². The smallest absolute Gasteiger partial charge is 0.167 e. The molecule has 0 saturated carbocycles. The maximum atomic E-state index is 12.2. The summed E-state index contributed by atoms with van der Waals surface area (Å²) in [5, 5.41) is 0.648. The molecule has 92 valence electrons. The fourth-order valence-corrected chi connectivity index (χ4v) is 2.14. The van der Waals surface area contributed by atoms with Crippen molar-refractivity contribution in [2.45, 2.75) is 13.3 Å². The molecule has 0 heterocycles. The summed E-state index contributed by atoms with van der Waals surface area (Å²) in [5.74, 6) is 0.0785. The van der Waals surface area contributed by atoms with Crippen LogP contribution in [0, 0.1) is 6.92 Å². The summed E-state index contributed by atoms with van der Waals surface area (Å²) in [5.41, 5.74) is 8.88. The zero-order valence-corrected chi connectivity index (χ0v) is 10.9. The van der Waals surface area contributed by atoms with Crippen LogP contribution in [-0.2, 0) is 6.42 Å². The van der Waals surface area contributed by atoms with Gasteiger partial charge in [-0.05, 0) is 48.4 Å². The van der Waals surface area contributed by atoms with E-state index in [2.05, 4.69) is 0 Å². The molecule has 18 heavy (non-hydrogen) atoms. The summed E-state index contributed by atoms with van der Waals surface area (Å²) >= 11 is 5.90. The van der Waals surface area contributed by atoms with Crippen molar-refractivity contribution in [1.29, 1.82) is 0 Å². The van der Waals surface area contributed by atoms with Gasteiger partial charge < -0.3 is 5.73 Å². The van der Waals surface area contributed by atoms with Crippen molar-refractivity contribution in [2.75, 3.05) is 5.73 Å². The van der Waals surface area contributed by atoms with Crippen LogP contribution in [0.4, 0.5) is 5.69 Å². The highest BCUT2D eigenvalue weighted by Gasteiger charge is 2.10. The summed E-state index contributed by atoms with van der Waals surface area (Å²) in [6, 6.07) is 12.7. The molecule has 0 amide bonds. The molecule has 3 heteroatoms. The number of carbonyl (C=O) groups is 1. The number of Topliss-reactive ketones (excluding diaryl/α,β-unsaturated/α-hetero) is 1. The number of hydrogen-bond acceptors (Lipinski definition) is 2. The van der Waals surface area contributed by atoms with Gasteiger partial charge in [-0.1, -0.05) is 23.7 Å². The summed E-state index contributed by atoms with van der Waals surface area (Å²) in [6.07, 6.45) is 0.352. The van der Waals surface area contributed by atoms with Crippen molar-refractivity contribution in [3.63, 3.8) is 0 Å². The standard InChI is InChI=1S/C15H14ClNO/c1-10-7-13(17)5-6-14(10)15(18)9-11-3-2-4-12(16)8-11/h2-8H,9,17H2,1H3. The Bertz CT molecular complexity index is 593. The van der Waals surface area contributed by atoms with E-state index in [9.17, 15) is 4.79 Å². The molecule has 2 aromatic carbocycles. The first kappa shape index (κ1) is 12.7. The number of nitrogens with two attached hydrogens (primary N) is 1. The van der Waals surface area contributed by atoms with Gasteiger partial charge in [-0.2, -0.15) is 0 Å². The van der Waals surface area contributed by atoms with Gasteiger partial charge in [0.1, 0.15) is 0 Å². The zero-order valence-electron chi connectivity index (χ0n) is 10.1. The van der Waals surface area contributed by atoms with Crippen LogP contribution in [0.5, 0.6) is 0 Å². The average Bonchev–Trinajstić information content (AvgIpc) is 2.28. The SMILES string of the molecule is Cc1cc(N)ccc1C(=O)Cc1cccc(Cl)c1. The number of ketones is 1. The minimum Gasteiger partial charge on any atom is -0.399 e. The molecule has 2 aromatic rings. The third-order valence-corrected chi connectivity index (χ3v) is 3.04. The maximum absolute atomic E-state index is 12.2. The fraction of sp³-hybridized carbons (Fsp3) is 0.133. The Kier molecular flexibility index (Phi) is 3.68. The average molecular weight is 260 g/mol. The van der Waals surface area contributed by atoms with Crippen LogP contribution in [0.2, 0.25) is 5.02 Å². The minimum atomic E-state index is 0.0785. The van der Waals surface area contributed by atoms with Gasteiger partial charge in [-0.25, -0.2) is 0 Å². The maximum Gasteiger partial charge on any atom is 0.167 e. The molecule has 0 bridgehead atoms. The molecule has 2 rings (SSSR count). The predicted molar refractivity (Wildman–Crippen MR) is 75.1 cm³/mol. The van der Waals surface area contributed by atoms with E-state index in [1.807, 2.05) is 31.2 Å². The molecular weight excluding hydrogens is 246 g/mol. The first-order valence-electron chi connectivity index (χ1n) is 5.70. The van der Waals surface area contributed by atoms with Crippen molar-refractivity contribution in [3.8, 4) is 0 Å². The van der Waals surface area contributed by atoms with Crippen LogP contribution in [0.1, 0.15) is 21.5 Å². The number of hydrogen-bond donors (Lipinski definition) is 1. The van der Waals surface area contributed by atoms with Gasteiger partial charge in [0.15, 0.2) is 5.78 Å². The number of rotatable bonds is 3. The van der Waals surface area contributed by atoms with Gasteiger partial charge in [0.05, 0.1) is 0 Å². The first-order valence-corrected chi connectivity index (χ1v) is 6.08. The molecule has 2 nitrogen and oxygen atoms in total. The molecule has 0 aliphatic rings. The van der Waals surface area contributed by atoms with Crippen LogP contribution in [0.3, 0.4) is 0 Å². The molecule has 0 aliphatic carbocycles. The molecule has 0 atom stereocenters. The highest BCUT2D eigenvalue weighted by atomic mass is 35.5. The van der Waals surface area contributed by atoms with Crippen molar-refractivity contribution >= 4 is 23.1 Å². The topological polar surface area (TPSA) is 43.1 Å². The molecule has 0 radical (unpaired) electrons.